The number of hydrogen-bond acceptors (Lipinski definition) is 3. The highest BCUT2D eigenvalue weighted by atomic mass is 16.2. The number of nitrogens with zero attached hydrogens (tertiary/aromatic N) is 4. The standard InChI is InChI=1S/C20H21N5O/c1-2-24-14-21-23-19(24)17-9-5-6-10-18(17)22-20(26)25-12-11-15-7-3-4-8-16(15)13-25/h3-10,14H,2,11-13H2,1H3,(H,22,26). The molecule has 3 aromatic rings. The number of carbonyl (C=O) groups excluding carboxylic acids is 1. The van der Waals surface area contributed by atoms with Gasteiger partial charge in [0.05, 0.1) is 5.69 Å². The van der Waals surface area contributed by atoms with Crippen LogP contribution in [0.3, 0.4) is 0 Å². The Hall–Kier alpha value is -3.15. The predicted octanol–water partition coefficient (Wildman–Crippen LogP) is 3.56. The first kappa shape index (κ1) is 16.3. The first-order valence-corrected chi connectivity index (χ1v) is 8.86. The van der Waals surface area contributed by atoms with E-state index in [-0.39, 0.29) is 6.03 Å². The van der Waals surface area contributed by atoms with Crippen molar-refractivity contribution in [2.24, 2.45) is 0 Å². The zero-order valence-corrected chi connectivity index (χ0v) is 14.7. The third kappa shape index (κ3) is 3.06. The summed E-state index contributed by atoms with van der Waals surface area (Å²) in [5.74, 6) is 0.757. The quantitative estimate of drug-likeness (QED) is 0.788. The molecule has 0 radical (unpaired) electrons. The van der Waals surface area contributed by atoms with Gasteiger partial charge < -0.3 is 14.8 Å². The van der Waals surface area contributed by atoms with Crippen LogP contribution >= 0.6 is 0 Å². The molecule has 0 unspecified atom stereocenters. The lowest BCUT2D eigenvalue weighted by Crippen LogP contribution is -2.38. The number of urea groups is 1. The molecule has 0 saturated heterocycles. The molecule has 0 saturated carbocycles. The summed E-state index contributed by atoms with van der Waals surface area (Å²) >= 11 is 0. The Morgan fingerprint density at radius 3 is 2.73 bits per heavy atom. The molecule has 2 heterocycles. The van der Waals surface area contributed by atoms with E-state index < -0.39 is 0 Å². The number of aryl methyl sites for hydroxylation is 1. The lowest BCUT2D eigenvalue weighted by Gasteiger charge is -2.29. The summed E-state index contributed by atoms with van der Waals surface area (Å²) in [6.45, 7) is 4.16. The van der Waals surface area contributed by atoms with E-state index in [1.54, 1.807) is 6.33 Å². The Morgan fingerprint density at radius 1 is 1.12 bits per heavy atom. The number of carbonyl (C=O) groups is 1. The Morgan fingerprint density at radius 2 is 1.88 bits per heavy atom. The van der Waals surface area contributed by atoms with E-state index in [0.29, 0.717) is 6.54 Å². The molecular weight excluding hydrogens is 326 g/mol. The summed E-state index contributed by atoms with van der Waals surface area (Å²) in [6.07, 6.45) is 2.59. The Balaban J connectivity index is 1.56. The van der Waals surface area contributed by atoms with Crippen LogP contribution in [0, 0.1) is 0 Å². The second-order valence-corrected chi connectivity index (χ2v) is 6.36. The van der Waals surface area contributed by atoms with Crippen molar-refractivity contribution in [1.29, 1.82) is 0 Å². The van der Waals surface area contributed by atoms with E-state index in [2.05, 4.69) is 33.7 Å². The van der Waals surface area contributed by atoms with Crippen LogP contribution in [0.4, 0.5) is 10.5 Å². The fourth-order valence-electron chi connectivity index (χ4n) is 3.35. The fourth-order valence-corrected chi connectivity index (χ4v) is 3.35. The van der Waals surface area contributed by atoms with E-state index in [4.69, 9.17) is 0 Å². The van der Waals surface area contributed by atoms with Gasteiger partial charge in [0, 0.05) is 25.2 Å². The van der Waals surface area contributed by atoms with Crippen molar-refractivity contribution >= 4 is 11.7 Å². The highest BCUT2D eigenvalue weighted by Gasteiger charge is 2.21. The van der Waals surface area contributed by atoms with Gasteiger partial charge in [-0.05, 0) is 36.6 Å². The molecule has 1 aromatic heterocycles. The minimum absolute atomic E-state index is 0.0884. The van der Waals surface area contributed by atoms with Gasteiger partial charge >= 0.3 is 6.03 Å². The minimum atomic E-state index is -0.0884. The number of anilines is 1. The molecule has 0 bridgehead atoms. The van der Waals surface area contributed by atoms with Crippen LogP contribution in [0.1, 0.15) is 18.1 Å². The second-order valence-electron chi connectivity index (χ2n) is 6.36. The number of nitrogens with one attached hydrogen (secondary N) is 1. The Labute approximate surface area is 152 Å². The number of para-hydroxylation sites is 1. The molecule has 1 aliphatic heterocycles. The molecule has 6 heteroatoms. The van der Waals surface area contributed by atoms with Gasteiger partial charge in [0.2, 0.25) is 0 Å². The average molecular weight is 347 g/mol. The molecule has 1 N–H and O–H groups in total. The molecule has 0 spiro atoms. The molecule has 0 fully saturated rings. The van der Waals surface area contributed by atoms with Crippen LogP contribution < -0.4 is 5.32 Å². The van der Waals surface area contributed by atoms with Crippen molar-refractivity contribution < 1.29 is 4.79 Å². The van der Waals surface area contributed by atoms with Gasteiger partial charge in [0.1, 0.15) is 6.33 Å². The lowest BCUT2D eigenvalue weighted by atomic mass is 10.0. The van der Waals surface area contributed by atoms with Crippen molar-refractivity contribution in [1.82, 2.24) is 19.7 Å². The molecule has 6 nitrogen and oxygen atoms in total. The van der Waals surface area contributed by atoms with Crippen molar-refractivity contribution in [3.05, 3.63) is 66.0 Å². The molecule has 2 amide bonds. The molecule has 1 aliphatic rings. The number of amides is 2. The number of rotatable bonds is 3. The highest BCUT2D eigenvalue weighted by Crippen LogP contribution is 2.27. The summed E-state index contributed by atoms with van der Waals surface area (Å²) in [5.41, 5.74) is 4.16. The smallest absolute Gasteiger partial charge is 0.320 e. The molecule has 132 valence electrons. The normalized spacial score (nSPS) is 13.3. The lowest BCUT2D eigenvalue weighted by molar-refractivity contribution is 0.206. The van der Waals surface area contributed by atoms with E-state index in [0.717, 1.165) is 36.6 Å². The fraction of sp³-hybridized carbons (Fsp3) is 0.250. The second kappa shape index (κ2) is 7.00. The maximum absolute atomic E-state index is 12.8. The molecule has 4 rings (SSSR count). The number of hydrogen-bond donors (Lipinski definition) is 1. The summed E-state index contributed by atoms with van der Waals surface area (Å²) in [5, 5.41) is 11.3. The van der Waals surface area contributed by atoms with Gasteiger partial charge in [-0.25, -0.2) is 4.79 Å². The number of benzene rings is 2. The SMILES string of the molecule is CCn1cnnc1-c1ccccc1NC(=O)N1CCc2ccccc2C1. The van der Waals surface area contributed by atoms with Gasteiger partial charge in [-0.1, -0.05) is 36.4 Å². The molecular formula is C20H21N5O. The van der Waals surface area contributed by atoms with E-state index >= 15 is 0 Å². The third-order valence-corrected chi connectivity index (χ3v) is 4.78. The third-order valence-electron chi connectivity index (χ3n) is 4.78. The monoisotopic (exact) mass is 347 g/mol. The van der Waals surface area contributed by atoms with Crippen molar-refractivity contribution in [3.8, 4) is 11.4 Å². The van der Waals surface area contributed by atoms with Crippen LogP contribution in [0.5, 0.6) is 0 Å². The summed E-state index contributed by atoms with van der Waals surface area (Å²) in [6, 6.07) is 15.9. The van der Waals surface area contributed by atoms with Crippen LogP contribution in [-0.2, 0) is 19.5 Å². The van der Waals surface area contributed by atoms with Crippen molar-refractivity contribution in [2.75, 3.05) is 11.9 Å². The first-order chi connectivity index (χ1) is 12.8. The van der Waals surface area contributed by atoms with E-state index in [1.165, 1.54) is 11.1 Å². The highest BCUT2D eigenvalue weighted by molar-refractivity contribution is 5.93. The topological polar surface area (TPSA) is 63.1 Å². The van der Waals surface area contributed by atoms with Gasteiger partial charge in [0.25, 0.3) is 0 Å². The molecule has 26 heavy (non-hydrogen) atoms. The maximum atomic E-state index is 12.8. The minimum Gasteiger partial charge on any atom is -0.320 e. The Kier molecular flexibility index (Phi) is 4.39. The molecule has 2 aromatic carbocycles. The number of fused-ring (bicyclic) bond motifs is 1. The van der Waals surface area contributed by atoms with E-state index in [1.807, 2.05) is 46.7 Å². The van der Waals surface area contributed by atoms with Gasteiger partial charge in [-0.3, -0.25) is 0 Å². The van der Waals surface area contributed by atoms with Crippen molar-refractivity contribution in [2.45, 2.75) is 26.4 Å². The summed E-state index contributed by atoms with van der Waals surface area (Å²) in [7, 11) is 0. The van der Waals surface area contributed by atoms with Crippen molar-refractivity contribution in [3.63, 3.8) is 0 Å². The Bertz CT molecular complexity index is 933. The number of aromatic nitrogens is 3. The van der Waals surface area contributed by atoms with Crippen LogP contribution in [0.15, 0.2) is 54.9 Å². The van der Waals surface area contributed by atoms with E-state index in [9.17, 15) is 4.79 Å². The van der Waals surface area contributed by atoms with Crippen LogP contribution in [-0.4, -0.2) is 32.2 Å². The molecule has 0 atom stereocenters. The zero-order chi connectivity index (χ0) is 17.9. The predicted molar refractivity (Wildman–Crippen MR) is 101 cm³/mol. The van der Waals surface area contributed by atoms with Gasteiger partial charge in [-0.15, -0.1) is 10.2 Å². The first-order valence-electron chi connectivity index (χ1n) is 8.86. The molecule has 0 aliphatic carbocycles. The summed E-state index contributed by atoms with van der Waals surface area (Å²) in [4.78, 5) is 14.7. The summed E-state index contributed by atoms with van der Waals surface area (Å²) < 4.78 is 1.96. The van der Waals surface area contributed by atoms with Gasteiger partial charge in [0.15, 0.2) is 5.82 Å². The average Bonchev–Trinajstić information content (AvgIpc) is 3.16. The zero-order valence-electron chi connectivity index (χ0n) is 14.7. The maximum Gasteiger partial charge on any atom is 0.322 e. The largest absolute Gasteiger partial charge is 0.322 e. The van der Waals surface area contributed by atoms with Crippen LogP contribution in [0.25, 0.3) is 11.4 Å². The van der Waals surface area contributed by atoms with Gasteiger partial charge in [-0.2, -0.15) is 0 Å². The van der Waals surface area contributed by atoms with Crippen LogP contribution in [0.2, 0.25) is 0 Å².